The number of pyridine rings is 1. The van der Waals surface area contributed by atoms with E-state index in [2.05, 4.69) is 9.98 Å². The molecule has 0 unspecified atom stereocenters. The van der Waals surface area contributed by atoms with E-state index in [4.69, 9.17) is 32.8 Å². The largest absolute Gasteiger partial charge is 0.497 e. The summed E-state index contributed by atoms with van der Waals surface area (Å²) in [6, 6.07) is 8.61. The zero-order chi connectivity index (χ0) is 18.5. The standard InChI is InChI=1S/C17H16Cl2N4O3/c1-25-13-5-6-20-12(9-13)10-26-23-8-7-22(11-24)17(23)21-16-14(18)3-2-4-15(16)19/h2-6,9,11H,7-8,10H2,1H3/b21-17-. The molecule has 0 aliphatic carbocycles. The lowest BCUT2D eigenvalue weighted by Crippen LogP contribution is -2.32. The van der Waals surface area contributed by atoms with Crippen LogP contribution in [-0.4, -0.2) is 47.5 Å². The number of hydrogen-bond donors (Lipinski definition) is 0. The predicted molar refractivity (Wildman–Crippen MR) is 98.6 cm³/mol. The molecule has 2 heterocycles. The summed E-state index contributed by atoms with van der Waals surface area (Å²) in [5.74, 6) is 1.00. The third-order valence-electron chi connectivity index (χ3n) is 3.69. The number of para-hydroxylation sites is 1. The van der Waals surface area contributed by atoms with E-state index in [0.717, 1.165) is 0 Å². The van der Waals surface area contributed by atoms with Crippen molar-refractivity contribution in [3.05, 3.63) is 52.3 Å². The SMILES string of the molecule is COc1ccnc(CON2CCN(C=O)/C2=N/c2c(Cl)cccc2Cl)c1. The number of aromatic nitrogens is 1. The molecule has 1 aliphatic rings. The first-order valence-electron chi connectivity index (χ1n) is 7.76. The van der Waals surface area contributed by atoms with E-state index < -0.39 is 0 Å². The molecule has 3 rings (SSSR count). The second kappa shape index (κ2) is 8.35. The van der Waals surface area contributed by atoms with Gasteiger partial charge in [-0.2, -0.15) is 0 Å². The maximum atomic E-state index is 11.3. The Bertz CT molecular complexity index is 811. The number of ether oxygens (including phenoxy) is 1. The summed E-state index contributed by atoms with van der Waals surface area (Å²) in [6.45, 7) is 1.10. The van der Waals surface area contributed by atoms with Crippen LogP contribution in [0.3, 0.4) is 0 Å². The van der Waals surface area contributed by atoms with Crippen LogP contribution in [0, 0.1) is 0 Å². The van der Waals surface area contributed by atoms with Crippen molar-refractivity contribution >= 4 is 41.3 Å². The second-order valence-electron chi connectivity index (χ2n) is 5.34. The van der Waals surface area contributed by atoms with Crippen LogP contribution in [0.25, 0.3) is 0 Å². The monoisotopic (exact) mass is 394 g/mol. The smallest absolute Gasteiger partial charge is 0.233 e. The molecule has 26 heavy (non-hydrogen) atoms. The zero-order valence-corrected chi connectivity index (χ0v) is 15.4. The van der Waals surface area contributed by atoms with Crippen molar-refractivity contribution in [3.8, 4) is 5.75 Å². The highest BCUT2D eigenvalue weighted by Gasteiger charge is 2.28. The minimum Gasteiger partial charge on any atom is -0.497 e. The Kier molecular flexibility index (Phi) is 5.92. The molecule has 1 aliphatic heterocycles. The molecule has 0 spiro atoms. The fourth-order valence-corrected chi connectivity index (χ4v) is 2.87. The fraction of sp³-hybridized carbons (Fsp3) is 0.235. The highest BCUT2D eigenvalue weighted by atomic mass is 35.5. The summed E-state index contributed by atoms with van der Waals surface area (Å²) >= 11 is 12.3. The lowest BCUT2D eigenvalue weighted by molar-refractivity contribution is -0.115. The Morgan fingerprint density at radius 1 is 1.27 bits per heavy atom. The van der Waals surface area contributed by atoms with E-state index in [1.165, 1.54) is 9.96 Å². The lowest BCUT2D eigenvalue weighted by atomic mass is 10.3. The molecule has 9 heteroatoms. The van der Waals surface area contributed by atoms with Crippen molar-refractivity contribution in [2.75, 3.05) is 20.2 Å². The minimum absolute atomic E-state index is 0.194. The number of guanidine groups is 1. The average molecular weight is 395 g/mol. The van der Waals surface area contributed by atoms with Gasteiger partial charge in [0.2, 0.25) is 12.4 Å². The van der Waals surface area contributed by atoms with Gasteiger partial charge in [0.25, 0.3) is 0 Å². The van der Waals surface area contributed by atoms with Gasteiger partial charge in [-0.1, -0.05) is 29.3 Å². The molecule has 1 amide bonds. The number of carbonyl (C=O) groups excluding carboxylic acids is 1. The van der Waals surface area contributed by atoms with Crippen LogP contribution in [0.1, 0.15) is 5.69 Å². The van der Waals surface area contributed by atoms with Crippen LogP contribution in [0.15, 0.2) is 41.5 Å². The van der Waals surface area contributed by atoms with E-state index in [-0.39, 0.29) is 6.61 Å². The van der Waals surface area contributed by atoms with E-state index in [1.54, 1.807) is 43.6 Å². The van der Waals surface area contributed by atoms with E-state index >= 15 is 0 Å². The van der Waals surface area contributed by atoms with Crippen LogP contribution in [0.2, 0.25) is 10.0 Å². The molecule has 0 saturated carbocycles. The summed E-state index contributed by atoms with van der Waals surface area (Å²) in [7, 11) is 1.58. The van der Waals surface area contributed by atoms with Crippen LogP contribution in [0.4, 0.5) is 5.69 Å². The highest BCUT2D eigenvalue weighted by Crippen LogP contribution is 2.33. The molecule has 1 aromatic carbocycles. The summed E-state index contributed by atoms with van der Waals surface area (Å²) in [5, 5.41) is 2.30. The Balaban J connectivity index is 1.81. The van der Waals surface area contributed by atoms with Gasteiger partial charge in [0.15, 0.2) is 0 Å². The average Bonchev–Trinajstić information content (AvgIpc) is 3.05. The van der Waals surface area contributed by atoms with Gasteiger partial charge in [-0.15, -0.1) is 0 Å². The molecule has 0 radical (unpaired) electrons. The highest BCUT2D eigenvalue weighted by molar-refractivity contribution is 6.38. The Labute approximate surface area is 160 Å². The minimum atomic E-state index is 0.194. The molecule has 0 atom stereocenters. The molecule has 136 valence electrons. The fourth-order valence-electron chi connectivity index (χ4n) is 2.39. The van der Waals surface area contributed by atoms with Crippen LogP contribution >= 0.6 is 23.2 Å². The van der Waals surface area contributed by atoms with Crippen LogP contribution in [0.5, 0.6) is 5.75 Å². The number of carbonyl (C=O) groups is 1. The Morgan fingerprint density at radius 3 is 2.73 bits per heavy atom. The van der Waals surface area contributed by atoms with Crippen LogP contribution < -0.4 is 4.74 Å². The molecule has 2 aromatic rings. The van der Waals surface area contributed by atoms with Gasteiger partial charge in [-0.05, 0) is 18.2 Å². The normalized spacial score (nSPS) is 15.6. The molecular weight excluding hydrogens is 379 g/mol. The number of hydrogen-bond acceptors (Lipinski definition) is 5. The van der Waals surface area contributed by atoms with Crippen molar-refractivity contribution in [2.45, 2.75) is 6.61 Å². The van der Waals surface area contributed by atoms with Gasteiger partial charge >= 0.3 is 0 Å². The van der Waals surface area contributed by atoms with Gasteiger partial charge in [0.05, 0.1) is 29.4 Å². The first kappa shape index (κ1) is 18.4. The quantitative estimate of drug-likeness (QED) is 0.703. The van der Waals surface area contributed by atoms with E-state index in [1.807, 2.05) is 0 Å². The summed E-state index contributed by atoms with van der Waals surface area (Å²) < 4.78 is 5.17. The number of aliphatic imine (C=N–C) groups is 1. The molecular formula is C17H16Cl2N4O3. The third-order valence-corrected chi connectivity index (χ3v) is 4.30. The van der Waals surface area contributed by atoms with Crippen molar-refractivity contribution < 1.29 is 14.4 Å². The van der Waals surface area contributed by atoms with Crippen LogP contribution in [-0.2, 0) is 16.2 Å². The first-order valence-corrected chi connectivity index (χ1v) is 8.52. The number of nitrogens with zero attached hydrogens (tertiary/aromatic N) is 4. The van der Waals surface area contributed by atoms with Gasteiger partial charge in [0.1, 0.15) is 18.0 Å². The molecule has 1 aromatic heterocycles. The number of methoxy groups -OCH3 is 1. The maximum absolute atomic E-state index is 11.3. The predicted octanol–water partition coefficient (Wildman–Crippen LogP) is 3.29. The van der Waals surface area contributed by atoms with E-state index in [0.29, 0.717) is 52.6 Å². The number of rotatable bonds is 6. The van der Waals surface area contributed by atoms with Gasteiger partial charge in [0, 0.05) is 18.8 Å². The summed E-state index contributed by atoms with van der Waals surface area (Å²) in [6.07, 6.45) is 2.33. The second-order valence-corrected chi connectivity index (χ2v) is 6.16. The summed E-state index contributed by atoms with van der Waals surface area (Å²) in [4.78, 5) is 27.2. The zero-order valence-electron chi connectivity index (χ0n) is 13.9. The number of amides is 1. The molecule has 0 bridgehead atoms. The Hall–Kier alpha value is -2.35. The topological polar surface area (TPSA) is 67.3 Å². The molecule has 1 fully saturated rings. The maximum Gasteiger partial charge on any atom is 0.233 e. The summed E-state index contributed by atoms with van der Waals surface area (Å²) in [5.41, 5.74) is 1.07. The van der Waals surface area contributed by atoms with Crippen molar-refractivity contribution in [3.63, 3.8) is 0 Å². The van der Waals surface area contributed by atoms with E-state index in [9.17, 15) is 4.79 Å². The van der Waals surface area contributed by atoms with Gasteiger partial charge < -0.3 is 4.74 Å². The first-order chi connectivity index (χ1) is 12.6. The van der Waals surface area contributed by atoms with Gasteiger partial charge in [-0.25, -0.2) is 10.1 Å². The number of benzene rings is 1. The molecule has 0 N–H and O–H groups in total. The third kappa shape index (κ3) is 4.07. The number of halogens is 2. The van der Waals surface area contributed by atoms with Gasteiger partial charge in [-0.3, -0.25) is 19.5 Å². The van der Waals surface area contributed by atoms with Crippen molar-refractivity contribution in [1.82, 2.24) is 14.9 Å². The lowest BCUT2D eigenvalue weighted by Gasteiger charge is -2.19. The number of hydroxylamine groups is 2. The van der Waals surface area contributed by atoms with Crippen molar-refractivity contribution in [1.29, 1.82) is 0 Å². The Morgan fingerprint density at radius 2 is 2.04 bits per heavy atom. The van der Waals surface area contributed by atoms with Crippen molar-refractivity contribution in [2.24, 2.45) is 4.99 Å². The molecule has 7 nitrogen and oxygen atoms in total. The molecule has 1 saturated heterocycles.